The first kappa shape index (κ1) is 21.4. The SMILES string of the molecule is CCCCCCCCCCC(I)C(C)C(F)(F)C(F)(F)F. The second-order valence-corrected chi connectivity index (χ2v) is 7.29. The van der Waals surface area contributed by atoms with Gasteiger partial charge in [0.05, 0.1) is 0 Å². The molecule has 0 saturated carbocycles. The quantitative estimate of drug-likeness (QED) is 0.142. The average Bonchev–Trinajstić information content (AvgIpc) is 2.39. The topological polar surface area (TPSA) is 0 Å². The van der Waals surface area contributed by atoms with Gasteiger partial charge in [-0.15, -0.1) is 0 Å². The van der Waals surface area contributed by atoms with Gasteiger partial charge in [-0.3, -0.25) is 0 Å². The van der Waals surface area contributed by atoms with E-state index in [1.165, 1.54) is 25.7 Å². The Bertz CT molecular complexity index is 265. The van der Waals surface area contributed by atoms with Crippen molar-refractivity contribution in [2.75, 3.05) is 0 Å². The van der Waals surface area contributed by atoms with Crippen LogP contribution in [0.1, 0.15) is 71.6 Å². The second kappa shape index (κ2) is 10.2. The first-order chi connectivity index (χ1) is 9.64. The van der Waals surface area contributed by atoms with Crippen LogP contribution >= 0.6 is 22.6 Å². The monoisotopic (exact) mass is 428 g/mol. The summed E-state index contributed by atoms with van der Waals surface area (Å²) in [4.78, 5) is 0. The maximum absolute atomic E-state index is 13.2. The van der Waals surface area contributed by atoms with Crippen molar-refractivity contribution >= 4 is 22.6 Å². The van der Waals surface area contributed by atoms with E-state index in [4.69, 9.17) is 0 Å². The molecule has 0 radical (unpaired) electrons. The van der Waals surface area contributed by atoms with Crippen molar-refractivity contribution in [1.82, 2.24) is 0 Å². The minimum atomic E-state index is -5.45. The lowest BCUT2D eigenvalue weighted by atomic mass is 9.95. The first-order valence-electron chi connectivity index (χ1n) is 7.73. The normalized spacial score (nSPS) is 16.0. The molecule has 0 aromatic heterocycles. The van der Waals surface area contributed by atoms with Gasteiger partial charge in [-0.05, 0) is 6.42 Å². The average molecular weight is 428 g/mol. The lowest BCUT2D eigenvalue weighted by Gasteiger charge is -2.29. The molecule has 0 heterocycles. The van der Waals surface area contributed by atoms with Crippen molar-refractivity contribution < 1.29 is 22.0 Å². The molecule has 6 heteroatoms. The van der Waals surface area contributed by atoms with Crippen molar-refractivity contribution in [3.05, 3.63) is 0 Å². The zero-order valence-electron chi connectivity index (χ0n) is 12.8. The van der Waals surface area contributed by atoms with Crippen molar-refractivity contribution in [3.63, 3.8) is 0 Å². The molecule has 0 aliphatic heterocycles. The molecule has 2 unspecified atom stereocenters. The Morgan fingerprint density at radius 1 is 0.810 bits per heavy atom. The van der Waals surface area contributed by atoms with Gasteiger partial charge < -0.3 is 0 Å². The highest BCUT2D eigenvalue weighted by Crippen LogP contribution is 2.44. The van der Waals surface area contributed by atoms with E-state index in [1.807, 2.05) is 0 Å². The molecule has 0 spiro atoms. The predicted octanol–water partition coefficient (Wildman–Crippen LogP) is 7.15. The van der Waals surface area contributed by atoms with Crippen LogP contribution in [0, 0.1) is 5.92 Å². The molecule has 0 bridgehead atoms. The van der Waals surface area contributed by atoms with Crippen LogP contribution in [0.5, 0.6) is 0 Å². The van der Waals surface area contributed by atoms with Crippen molar-refractivity contribution in [2.45, 2.75) is 87.7 Å². The molecule has 0 saturated heterocycles. The first-order valence-corrected chi connectivity index (χ1v) is 8.97. The highest BCUT2D eigenvalue weighted by molar-refractivity contribution is 14.1. The highest BCUT2D eigenvalue weighted by Gasteiger charge is 2.61. The smallest absolute Gasteiger partial charge is 0.196 e. The van der Waals surface area contributed by atoms with Gasteiger partial charge in [0.25, 0.3) is 0 Å². The van der Waals surface area contributed by atoms with Crippen LogP contribution < -0.4 is 0 Å². The Kier molecular flexibility index (Phi) is 10.4. The minimum Gasteiger partial charge on any atom is -0.196 e. The molecule has 0 N–H and O–H groups in total. The molecule has 0 nitrogen and oxygen atoms in total. The zero-order chi connectivity index (χ0) is 16.5. The lowest BCUT2D eigenvalue weighted by Crippen LogP contribution is -2.45. The maximum Gasteiger partial charge on any atom is 0.453 e. The largest absolute Gasteiger partial charge is 0.453 e. The standard InChI is InChI=1S/C15H26F5I/c1-3-4-5-6-7-8-9-10-11-13(21)12(2)14(16,17)15(18,19)20/h12-13H,3-11H2,1-2H3. The van der Waals surface area contributed by atoms with E-state index in [1.54, 1.807) is 22.6 Å². The van der Waals surface area contributed by atoms with E-state index >= 15 is 0 Å². The molecule has 0 amide bonds. The van der Waals surface area contributed by atoms with Gasteiger partial charge in [0.15, 0.2) is 0 Å². The third-order valence-corrected chi connectivity index (χ3v) is 5.53. The number of unbranched alkanes of at least 4 members (excludes halogenated alkanes) is 7. The summed E-state index contributed by atoms with van der Waals surface area (Å²) in [5, 5.41) is 0. The van der Waals surface area contributed by atoms with Gasteiger partial charge in [-0.25, -0.2) is 0 Å². The molecular weight excluding hydrogens is 402 g/mol. The summed E-state index contributed by atoms with van der Waals surface area (Å²) in [6, 6.07) is 0. The van der Waals surface area contributed by atoms with Gasteiger partial charge in [0.2, 0.25) is 0 Å². The molecule has 0 rings (SSSR count). The fourth-order valence-corrected chi connectivity index (χ4v) is 3.10. The highest BCUT2D eigenvalue weighted by atomic mass is 127. The van der Waals surface area contributed by atoms with E-state index in [0.29, 0.717) is 6.42 Å². The number of halogens is 6. The van der Waals surface area contributed by atoms with Crippen LogP contribution in [0.2, 0.25) is 0 Å². The van der Waals surface area contributed by atoms with Gasteiger partial charge in [-0.2, -0.15) is 22.0 Å². The molecule has 0 aliphatic rings. The molecule has 21 heavy (non-hydrogen) atoms. The molecule has 0 fully saturated rings. The minimum absolute atomic E-state index is 0.419. The van der Waals surface area contributed by atoms with Crippen LogP contribution in [-0.2, 0) is 0 Å². The maximum atomic E-state index is 13.2. The van der Waals surface area contributed by atoms with E-state index in [-0.39, 0.29) is 0 Å². The summed E-state index contributed by atoms with van der Waals surface area (Å²) in [5.74, 6) is -6.28. The van der Waals surface area contributed by atoms with Gasteiger partial charge >= 0.3 is 12.1 Å². The lowest BCUT2D eigenvalue weighted by molar-refractivity contribution is -0.300. The summed E-state index contributed by atoms with van der Waals surface area (Å²) in [5.41, 5.74) is 0. The summed E-state index contributed by atoms with van der Waals surface area (Å²) >= 11 is 1.73. The number of rotatable bonds is 11. The fraction of sp³-hybridized carbons (Fsp3) is 1.00. The number of hydrogen-bond acceptors (Lipinski definition) is 0. The Labute approximate surface area is 138 Å². The van der Waals surface area contributed by atoms with Crippen LogP contribution in [0.25, 0.3) is 0 Å². The molecule has 128 valence electrons. The molecule has 2 atom stereocenters. The Morgan fingerprint density at radius 2 is 1.24 bits per heavy atom. The van der Waals surface area contributed by atoms with Crippen LogP contribution in [0.3, 0.4) is 0 Å². The van der Waals surface area contributed by atoms with Gasteiger partial charge in [0, 0.05) is 9.84 Å². The predicted molar refractivity (Wildman–Crippen MR) is 85.2 cm³/mol. The van der Waals surface area contributed by atoms with E-state index in [9.17, 15) is 22.0 Å². The Morgan fingerprint density at radius 3 is 1.67 bits per heavy atom. The van der Waals surface area contributed by atoms with Crippen molar-refractivity contribution in [1.29, 1.82) is 0 Å². The van der Waals surface area contributed by atoms with Gasteiger partial charge in [-0.1, -0.05) is 87.8 Å². The fourth-order valence-electron chi connectivity index (χ4n) is 2.21. The summed E-state index contributed by atoms with van der Waals surface area (Å²) in [7, 11) is 0. The summed E-state index contributed by atoms with van der Waals surface area (Å²) in [6.45, 7) is 3.15. The molecular formula is C15H26F5I. The third kappa shape index (κ3) is 7.98. The molecule has 0 aromatic rings. The Hall–Kier alpha value is 0.380. The summed E-state index contributed by atoms with van der Waals surface area (Å²) in [6.07, 6.45) is 3.61. The van der Waals surface area contributed by atoms with Crippen LogP contribution in [-0.4, -0.2) is 16.0 Å². The van der Waals surface area contributed by atoms with E-state index in [0.717, 1.165) is 32.6 Å². The summed E-state index contributed by atoms with van der Waals surface area (Å²) < 4.78 is 62.6. The zero-order valence-corrected chi connectivity index (χ0v) is 14.9. The molecule has 0 aliphatic carbocycles. The van der Waals surface area contributed by atoms with Gasteiger partial charge in [0.1, 0.15) is 0 Å². The van der Waals surface area contributed by atoms with Crippen LogP contribution in [0.4, 0.5) is 22.0 Å². The molecule has 0 aromatic carbocycles. The van der Waals surface area contributed by atoms with Crippen molar-refractivity contribution in [3.8, 4) is 0 Å². The van der Waals surface area contributed by atoms with Crippen LogP contribution in [0.15, 0.2) is 0 Å². The van der Waals surface area contributed by atoms with E-state index < -0.39 is 21.9 Å². The van der Waals surface area contributed by atoms with Crippen molar-refractivity contribution in [2.24, 2.45) is 5.92 Å². The number of hydrogen-bond donors (Lipinski definition) is 0. The number of alkyl halides is 6. The second-order valence-electron chi connectivity index (χ2n) is 5.69. The third-order valence-electron chi connectivity index (χ3n) is 3.83. The Balaban J connectivity index is 3.86. The van der Waals surface area contributed by atoms with E-state index in [2.05, 4.69) is 6.92 Å².